The lowest BCUT2D eigenvalue weighted by molar-refractivity contribution is -0.246. The van der Waals surface area contributed by atoms with E-state index in [1.165, 1.54) is 0 Å². The van der Waals surface area contributed by atoms with E-state index in [0.717, 1.165) is 25.9 Å². The van der Waals surface area contributed by atoms with Crippen LogP contribution < -0.4 is 5.73 Å². The van der Waals surface area contributed by atoms with Gasteiger partial charge in [-0.25, -0.2) is 0 Å². The number of hydrogen-bond donors (Lipinski definition) is 1. The summed E-state index contributed by atoms with van der Waals surface area (Å²) in [5.41, 5.74) is 4.24. The van der Waals surface area contributed by atoms with Crippen LogP contribution in [0.2, 0.25) is 0 Å². The summed E-state index contributed by atoms with van der Waals surface area (Å²) in [6.07, 6.45) is -0.981. The summed E-state index contributed by atoms with van der Waals surface area (Å²) in [6, 6.07) is 0. The van der Waals surface area contributed by atoms with Crippen molar-refractivity contribution in [3.8, 4) is 0 Å². The van der Waals surface area contributed by atoms with Crippen LogP contribution in [0.4, 0.5) is 13.2 Å². The van der Waals surface area contributed by atoms with Crippen LogP contribution in [-0.2, 0) is 0 Å². The minimum atomic E-state index is -4.16. The van der Waals surface area contributed by atoms with Crippen molar-refractivity contribution < 1.29 is 13.2 Å². The molecule has 7 heteroatoms. The number of alkyl halides is 3. The second-order valence-electron chi connectivity index (χ2n) is 6.00. The second-order valence-corrected chi connectivity index (χ2v) is 6.00. The lowest BCUT2D eigenvalue weighted by Crippen LogP contribution is -2.48. The zero-order valence-corrected chi connectivity index (χ0v) is 14.1. The van der Waals surface area contributed by atoms with Crippen molar-refractivity contribution in [1.82, 2.24) is 4.90 Å². The van der Waals surface area contributed by atoms with Gasteiger partial charge in [-0.3, -0.25) is 4.99 Å². The smallest absolute Gasteiger partial charge is 0.370 e. The Morgan fingerprint density at radius 2 is 2.00 bits per heavy atom. The third-order valence-electron chi connectivity index (χ3n) is 4.44. The third kappa shape index (κ3) is 3.71. The Kier molecular flexibility index (Phi) is 5.98. The molecule has 1 heterocycles. The van der Waals surface area contributed by atoms with Crippen molar-refractivity contribution in [1.29, 1.82) is 0 Å². The molecular formula is C13H23F3IN3. The van der Waals surface area contributed by atoms with Gasteiger partial charge in [0, 0.05) is 13.1 Å². The Morgan fingerprint density at radius 3 is 2.45 bits per heavy atom. The number of likely N-dealkylation sites (tertiary alicyclic amines) is 1. The van der Waals surface area contributed by atoms with Crippen LogP contribution in [0.15, 0.2) is 4.99 Å². The standard InChI is InChI=1S/C13H22F3N3.HI/c1-10-4-2-7-19(8-10)11(17)18-9-12(5-3-6-12)13(14,15)16;/h10H,2-9H2,1H3,(H2,17,18);1H. The first kappa shape index (κ1) is 17.8. The highest BCUT2D eigenvalue weighted by atomic mass is 127. The summed E-state index contributed by atoms with van der Waals surface area (Å²) < 4.78 is 39.0. The minimum Gasteiger partial charge on any atom is -0.370 e. The van der Waals surface area contributed by atoms with E-state index >= 15 is 0 Å². The molecule has 2 N–H and O–H groups in total. The molecule has 0 amide bonds. The van der Waals surface area contributed by atoms with Gasteiger partial charge in [-0.2, -0.15) is 13.2 Å². The Labute approximate surface area is 135 Å². The number of nitrogens with zero attached hydrogens (tertiary/aromatic N) is 2. The number of piperidine rings is 1. The Hall–Kier alpha value is -0.210. The Bertz CT molecular complexity index is 353. The first-order chi connectivity index (χ1) is 8.84. The molecule has 2 aliphatic rings. The van der Waals surface area contributed by atoms with Crippen molar-refractivity contribution in [2.75, 3.05) is 19.6 Å². The predicted octanol–water partition coefficient (Wildman–Crippen LogP) is 3.38. The van der Waals surface area contributed by atoms with Gasteiger partial charge in [0.1, 0.15) is 0 Å². The van der Waals surface area contributed by atoms with E-state index in [2.05, 4.69) is 11.9 Å². The fourth-order valence-electron chi connectivity index (χ4n) is 2.86. The largest absolute Gasteiger partial charge is 0.396 e. The molecule has 0 aromatic heterocycles. The molecule has 3 nitrogen and oxygen atoms in total. The molecule has 0 radical (unpaired) electrons. The minimum absolute atomic E-state index is 0. The molecule has 0 bridgehead atoms. The van der Waals surface area contributed by atoms with Crippen LogP contribution in [0, 0.1) is 11.3 Å². The van der Waals surface area contributed by atoms with Gasteiger partial charge in [0.25, 0.3) is 0 Å². The summed E-state index contributed by atoms with van der Waals surface area (Å²) in [7, 11) is 0. The first-order valence-electron chi connectivity index (χ1n) is 6.96. The van der Waals surface area contributed by atoms with Gasteiger partial charge in [0.15, 0.2) is 5.96 Å². The van der Waals surface area contributed by atoms with E-state index < -0.39 is 11.6 Å². The summed E-state index contributed by atoms with van der Waals surface area (Å²) >= 11 is 0. The molecule has 20 heavy (non-hydrogen) atoms. The van der Waals surface area contributed by atoms with Crippen molar-refractivity contribution in [2.24, 2.45) is 22.1 Å². The van der Waals surface area contributed by atoms with E-state index in [1.807, 2.05) is 4.90 Å². The quantitative estimate of drug-likeness (QED) is 0.435. The lowest BCUT2D eigenvalue weighted by atomic mass is 9.68. The molecule has 1 aliphatic carbocycles. The van der Waals surface area contributed by atoms with Gasteiger partial charge in [0.05, 0.1) is 12.0 Å². The predicted molar refractivity (Wildman–Crippen MR) is 84.2 cm³/mol. The van der Waals surface area contributed by atoms with Gasteiger partial charge in [-0.15, -0.1) is 24.0 Å². The van der Waals surface area contributed by atoms with Crippen LogP contribution in [0.5, 0.6) is 0 Å². The van der Waals surface area contributed by atoms with Gasteiger partial charge < -0.3 is 10.6 Å². The molecule has 2 rings (SSSR count). The zero-order valence-electron chi connectivity index (χ0n) is 11.7. The SMILES string of the molecule is CC1CCCN(C(N)=NCC2(C(F)(F)F)CCC2)C1.I. The number of rotatable bonds is 2. The molecule has 1 saturated heterocycles. The highest BCUT2D eigenvalue weighted by molar-refractivity contribution is 14.0. The van der Waals surface area contributed by atoms with Gasteiger partial charge in [-0.05, 0) is 31.6 Å². The van der Waals surface area contributed by atoms with Crippen molar-refractivity contribution in [3.63, 3.8) is 0 Å². The van der Waals surface area contributed by atoms with E-state index in [1.54, 1.807) is 0 Å². The molecule has 0 aromatic carbocycles. The molecule has 1 aliphatic heterocycles. The van der Waals surface area contributed by atoms with E-state index in [9.17, 15) is 13.2 Å². The maximum atomic E-state index is 13.0. The molecular weight excluding hydrogens is 382 g/mol. The second kappa shape index (κ2) is 6.70. The highest BCUT2D eigenvalue weighted by Gasteiger charge is 2.58. The van der Waals surface area contributed by atoms with Gasteiger partial charge >= 0.3 is 6.18 Å². The molecule has 1 unspecified atom stereocenters. The van der Waals surface area contributed by atoms with Gasteiger partial charge in [0.2, 0.25) is 0 Å². The van der Waals surface area contributed by atoms with E-state index in [0.29, 0.717) is 12.3 Å². The van der Waals surface area contributed by atoms with Crippen LogP contribution >= 0.6 is 24.0 Å². The lowest BCUT2D eigenvalue weighted by Gasteiger charge is -2.42. The number of aliphatic imine (C=N–C) groups is 1. The van der Waals surface area contributed by atoms with Crippen molar-refractivity contribution >= 4 is 29.9 Å². The van der Waals surface area contributed by atoms with Crippen molar-refractivity contribution in [3.05, 3.63) is 0 Å². The molecule has 118 valence electrons. The topological polar surface area (TPSA) is 41.6 Å². The van der Waals surface area contributed by atoms with Crippen LogP contribution in [0.3, 0.4) is 0 Å². The van der Waals surface area contributed by atoms with Crippen LogP contribution in [0.25, 0.3) is 0 Å². The van der Waals surface area contributed by atoms with Crippen LogP contribution in [-0.4, -0.2) is 36.7 Å². The average Bonchev–Trinajstić information content (AvgIpc) is 2.25. The van der Waals surface area contributed by atoms with Crippen LogP contribution in [0.1, 0.15) is 39.0 Å². The van der Waals surface area contributed by atoms with E-state index in [4.69, 9.17) is 5.73 Å². The molecule has 0 spiro atoms. The summed E-state index contributed by atoms with van der Waals surface area (Å²) in [6.45, 7) is 3.52. The molecule has 1 atom stereocenters. The molecule has 0 aromatic rings. The fourth-order valence-corrected chi connectivity index (χ4v) is 2.86. The monoisotopic (exact) mass is 405 g/mol. The van der Waals surface area contributed by atoms with E-state index in [-0.39, 0.29) is 49.3 Å². The number of guanidine groups is 1. The maximum absolute atomic E-state index is 13.0. The Balaban J connectivity index is 0.00000200. The summed E-state index contributed by atoms with van der Waals surface area (Å²) in [5, 5.41) is 0. The molecule has 1 saturated carbocycles. The molecule has 2 fully saturated rings. The number of halogens is 4. The normalized spacial score (nSPS) is 26.7. The fraction of sp³-hybridized carbons (Fsp3) is 0.923. The number of nitrogens with two attached hydrogens (primary N) is 1. The maximum Gasteiger partial charge on any atom is 0.396 e. The number of hydrogen-bond acceptors (Lipinski definition) is 1. The van der Waals surface area contributed by atoms with Gasteiger partial charge in [-0.1, -0.05) is 13.3 Å². The zero-order chi connectivity index (χ0) is 14.1. The average molecular weight is 405 g/mol. The summed E-state index contributed by atoms with van der Waals surface area (Å²) in [4.78, 5) is 5.96. The third-order valence-corrected chi connectivity index (χ3v) is 4.44. The highest BCUT2D eigenvalue weighted by Crippen LogP contribution is 2.53. The first-order valence-corrected chi connectivity index (χ1v) is 6.96. The Morgan fingerprint density at radius 1 is 1.35 bits per heavy atom. The van der Waals surface area contributed by atoms with Crippen molar-refractivity contribution in [2.45, 2.75) is 45.2 Å². The summed E-state index contributed by atoms with van der Waals surface area (Å²) in [5.74, 6) is 0.810.